The highest BCUT2D eigenvalue weighted by Gasteiger charge is 1.96. The van der Waals surface area contributed by atoms with Gasteiger partial charge in [-0.2, -0.15) is 0 Å². The number of hydrogen-bond acceptors (Lipinski definition) is 2. The molecule has 59 valence electrons. The van der Waals surface area contributed by atoms with E-state index < -0.39 is 0 Å². The van der Waals surface area contributed by atoms with Crippen LogP contribution in [0.4, 0.5) is 0 Å². The van der Waals surface area contributed by atoms with Crippen molar-refractivity contribution in [2.45, 2.75) is 6.92 Å². The second-order valence-electron chi connectivity index (χ2n) is 2.79. The summed E-state index contributed by atoms with van der Waals surface area (Å²) < 4.78 is 0. The summed E-state index contributed by atoms with van der Waals surface area (Å²) in [5, 5.41) is 10.1. The van der Waals surface area contributed by atoms with E-state index in [9.17, 15) is 0 Å². The van der Waals surface area contributed by atoms with Crippen molar-refractivity contribution in [2.24, 2.45) is 0 Å². The summed E-state index contributed by atoms with van der Waals surface area (Å²) in [6.45, 7) is 1.99. The molecule has 0 bridgehead atoms. The molecular formula is C10H8NO. The number of hydrogen-bond donors (Lipinski definition) is 1. The zero-order valence-corrected chi connectivity index (χ0v) is 6.70. The zero-order valence-electron chi connectivity index (χ0n) is 6.70. The Morgan fingerprint density at radius 2 is 2.25 bits per heavy atom. The van der Waals surface area contributed by atoms with Gasteiger partial charge < -0.3 is 5.11 Å². The summed E-state index contributed by atoms with van der Waals surface area (Å²) in [6.07, 6.45) is 0. The first-order valence-electron chi connectivity index (χ1n) is 3.74. The molecule has 0 saturated heterocycles. The number of nitrogens with zero attached hydrogens (tertiary/aromatic N) is 1. The molecule has 0 unspecified atom stereocenters. The minimum absolute atomic E-state index is 0.0481. The molecule has 1 N–H and O–H groups in total. The molecule has 2 nitrogen and oxygen atoms in total. The molecule has 1 radical (unpaired) electrons. The standard InChI is InChI=1S/C10H8NO/c1-7-2-3-8-4-5-10(12)11-9(8)6-7/h2-4,6H,1H3,(H,11,12). The summed E-state index contributed by atoms with van der Waals surface area (Å²) >= 11 is 0. The van der Waals surface area contributed by atoms with Gasteiger partial charge in [0.05, 0.1) is 5.52 Å². The minimum atomic E-state index is -0.0481. The lowest BCUT2D eigenvalue weighted by Gasteiger charge is -1.97. The smallest absolute Gasteiger partial charge is 0.219 e. The van der Waals surface area contributed by atoms with Crippen molar-refractivity contribution in [1.29, 1.82) is 0 Å². The Bertz CT molecular complexity index is 386. The molecule has 1 aromatic heterocycles. The molecule has 12 heavy (non-hydrogen) atoms. The van der Waals surface area contributed by atoms with E-state index in [1.54, 1.807) is 6.07 Å². The van der Waals surface area contributed by atoms with Crippen LogP contribution in [-0.4, -0.2) is 10.1 Å². The van der Waals surface area contributed by atoms with Gasteiger partial charge in [-0.1, -0.05) is 12.1 Å². The van der Waals surface area contributed by atoms with Gasteiger partial charge >= 0.3 is 0 Å². The number of aromatic hydroxyl groups is 1. The third-order valence-corrected chi connectivity index (χ3v) is 1.77. The molecule has 2 heteroatoms. The van der Waals surface area contributed by atoms with Crippen molar-refractivity contribution < 1.29 is 5.11 Å². The van der Waals surface area contributed by atoms with E-state index in [0.717, 1.165) is 16.5 Å². The fourth-order valence-corrected chi connectivity index (χ4v) is 1.16. The molecule has 0 atom stereocenters. The number of rotatable bonds is 0. The molecule has 1 heterocycles. The molecular weight excluding hydrogens is 150 g/mol. The largest absolute Gasteiger partial charge is 0.493 e. The predicted molar refractivity (Wildman–Crippen MR) is 47.0 cm³/mol. The van der Waals surface area contributed by atoms with Crippen LogP contribution in [0.15, 0.2) is 24.3 Å². The van der Waals surface area contributed by atoms with Crippen LogP contribution in [0.3, 0.4) is 0 Å². The highest BCUT2D eigenvalue weighted by molar-refractivity contribution is 5.79. The lowest BCUT2D eigenvalue weighted by atomic mass is 10.1. The number of fused-ring (bicyclic) bond motifs is 1. The quantitative estimate of drug-likeness (QED) is 0.636. The molecule has 0 fully saturated rings. The lowest BCUT2D eigenvalue weighted by molar-refractivity contribution is 0.454. The lowest BCUT2D eigenvalue weighted by Crippen LogP contribution is -1.80. The average Bonchev–Trinajstić information content (AvgIpc) is 2.03. The van der Waals surface area contributed by atoms with Crippen molar-refractivity contribution in [2.75, 3.05) is 0 Å². The maximum absolute atomic E-state index is 9.05. The summed E-state index contributed by atoms with van der Waals surface area (Å²) in [6, 6.07) is 10.3. The van der Waals surface area contributed by atoms with Crippen molar-refractivity contribution in [3.63, 3.8) is 0 Å². The number of aromatic nitrogens is 1. The Hall–Kier alpha value is -1.57. The van der Waals surface area contributed by atoms with Gasteiger partial charge in [-0.25, -0.2) is 4.98 Å². The first kappa shape index (κ1) is 7.10. The summed E-state index contributed by atoms with van der Waals surface area (Å²) in [4.78, 5) is 3.94. The predicted octanol–water partition coefficient (Wildman–Crippen LogP) is 2.05. The first-order valence-corrected chi connectivity index (χ1v) is 3.74. The van der Waals surface area contributed by atoms with E-state index in [2.05, 4.69) is 11.1 Å². The normalized spacial score (nSPS) is 10.4. The van der Waals surface area contributed by atoms with E-state index in [1.807, 2.05) is 25.1 Å². The molecule has 2 rings (SSSR count). The third kappa shape index (κ3) is 1.11. The second kappa shape index (κ2) is 2.48. The van der Waals surface area contributed by atoms with Gasteiger partial charge in [0.15, 0.2) is 0 Å². The molecule has 0 spiro atoms. The number of pyridine rings is 1. The summed E-state index contributed by atoms with van der Waals surface area (Å²) in [5.74, 6) is -0.0481. The maximum Gasteiger partial charge on any atom is 0.219 e. The van der Waals surface area contributed by atoms with E-state index in [-0.39, 0.29) is 5.88 Å². The maximum atomic E-state index is 9.05. The van der Waals surface area contributed by atoms with E-state index in [0.29, 0.717) is 0 Å². The van der Waals surface area contributed by atoms with E-state index in [1.165, 1.54) is 0 Å². The van der Waals surface area contributed by atoms with Crippen molar-refractivity contribution in [3.8, 4) is 5.88 Å². The van der Waals surface area contributed by atoms with Crippen LogP contribution in [0.1, 0.15) is 5.56 Å². The van der Waals surface area contributed by atoms with Gasteiger partial charge in [-0.05, 0) is 24.6 Å². The van der Waals surface area contributed by atoms with Crippen LogP contribution in [0.25, 0.3) is 10.9 Å². The minimum Gasteiger partial charge on any atom is -0.493 e. The van der Waals surface area contributed by atoms with Crippen LogP contribution < -0.4 is 0 Å². The van der Waals surface area contributed by atoms with Crippen molar-refractivity contribution >= 4 is 10.9 Å². The SMILES string of the molecule is Cc1ccc2c[c]c(O)nc2c1. The molecule has 2 aromatic rings. The fourth-order valence-electron chi connectivity index (χ4n) is 1.16. The van der Waals surface area contributed by atoms with Gasteiger partial charge in [0.2, 0.25) is 5.88 Å². The molecule has 0 aliphatic rings. The van der Waals surface area contributed by atoms with Gasteiger partial charge in [-0.15, -0.1) is 0 Å². The zero-order chi connectivity index (χ0) is 8.55. The highest BCUT2D eigenvalue weighted by Crippen LogP contribution is 2.15. The van der Waals surface area contributed by atoms with E-state index >= 15 is 0 Å². The third-order valence-electron chi connectivity index (χ3n) is 1.77. The number of aryl methyl sites for hydroxylation is 1. The van der Waals surface area contributed by atoms with Crippen LogP contribution in [-0.2, 0) is 0 Å². The summed E-state index contributed by atoms with van der Waals surface area (Å²) in [5.41, 5.74) is 1.95. The molecule has 0 aliphatic heterocycles. The first-order chi connectivity index (χ1) is 5.75. The monoisotopic (exact) mass is 158 g/mol. The van der Waals surface area contributed by atoms with E-state index in [4.69, 9.17) is 5.11 Å². The average molecular weight is 158 g/mol. The summed E-state index contributed by atoms with van der Waals surface area (Å²) in [7, 11) is 0. The van der Waals surface area contributed by atoms with Crippen LogP contribution >= 0.6 is 0 Å². The Morgan fingerprint density at radius 3 is 3.08 bits per heavy atom. The van der Waals surface area contributed by atoms with Gasteiger partial charge in [0, 0.05) is 11.5 Å². The van der Waals surface area contributed by atoms with Crippen molar-refractivity contribution in [1.82, 2.24) is 4.98 Å². The van der Waals surface area contributed by atoms with Gasteiger partial charge in [0.25, 0.3) is 0 Å². The molecule has 0 aliphatic carbocycles. The highest BCUT2D eigenvalue weighted by atomic mass is 16.3. The Labute approximate surface area is 70.5 Å². The Kier molecular flexibility index (Phi) is 1.47. The fraction of sp³-hybridized carbons (Fsp3) is 0.100. The molecule has 0 saturated carbocycles. The molecule has 0 amide bonds. The van der Waals surface area contributed by atoms with Crippen LogP contribution in [0, 0.1) is 13.0 Å². The topological polar surface area (TPSA) is 33.1 Å². The Morgan fingerprint density at radius 1 is 1.42 bits per heavy atom. The van der Waals surface area contributed by atoms with Crippen molar-refractivity contribution in [3.05, 3.63) is 35.9 Å². The molecule has 1 aromatic carbocycles. The van der Waals surface area contributed by atoms with Gasteiger partial charge in [-0.3, -0.25) is 0 Å². The Balaban J connectivity index is 2.80. The second-order valence-corrected chi connectivity index (χ2v) is 2.79. The van der Waals surface area contributed by atoms with Gasteiger partial charge in [0.1, 0.15) is 0 Å². The number of benzene rings is 1. The van der Waals surface area contributed by atoms with Crippen LogP contribution in [0.5, 0.6) is 5.88 Å². The van der Waals surface area contributed by atoms with Crippen LogP contribution in [0.2, 0.25) is 0 Å².